The van der Waals surface area contributed by atoms with Crippen LogP contribution in [0, 0.1) is 10.8 Å². The molecule has 1 saturated carbocycles. The fourth-order valence-electron chi connectivity index (χ4n) is 7.30. The van der Waals surface area contributed by atoms with Crippen LogP contribution in [0.2, 0.25) is 5.02 Å². The number of fused-ring (bicyclic) bond motifs is 1. The Bertz CT molecular complexity index is 1650. The number of aromatic nitrogens is 2. The van der Waals surface area contributed by atoms with Crippen LogP contribution in [-0.2, 0) is 19.7 Å². The van der Waals surface area contributed by atoms with E-state index in [1.165, 1.54) is 0 Å². The first-order chi connectivity index (χ1) is 23.3. The van der Waals surface area contributed by atoms with Crippen LogP contribution in [0.15, 0.2) is 42.5 Å². The Morgan fingerprint density at radius 3 is 2.27 bits per heavy atom. The van der Waals surface area contributed by atoms with Crippen molar-refractivity contribution in [2.24, 2.45) is 10.8 Å². The summed E-state index contributed by atoms with van der Waals surface area (Å²) in [6.45, 7) is 16.4. The van der Waals surface area contributed by atoms with Gasteiger partial charge in [-0.05, 0) is 86.6 Å². The number of likely N-dealkylation sites (N-methyl/N-ethyl adjacent to an activating group) is 1. The Morgan fingerprint density at radius 1 is 1.00 bits per heavy atom. The number of H-pyrrole nitrogens is 1. The number of ether oxygens (including phenoxy) is 1. The largest absolute Gasteiger partial charge is 0.381 e. The number of nitrogens with one attached hydrogen (secondary N) is 4. The lowest BCUT2D eigenvalue weighted by molar-refractivity contribution is -0.137. The number of halogens is 1. The van der Waals surface area contributed by atoms with Gasteiger partial charge in [0.2, 0.25) is 11.8 Å². The third-order valence-corrected chi connectivity index (χ3v) is 10.9. The molecule has 5 rings (SSSR count). The summed E-state index contributed by atoms with van der Waals surface area (Å²) in [5, 5.41) is 10.0. The van der Waals surface area contributed by atoms with Crippen LogP contribution in [0.5, 0.6) is 0 Å². The van der Waals surface area contributed by atoms with Crippen molar-refractivity contribution in [1.29, 1.82) is 0 Å². The molecule has 4 amide bonds. The average molecular weight is 693 g/mol. The van der Waals surface area contributed by atoms with E-state index >= 15 is 0 Å². The van der Waals surface area contributed by atoms with Gasteiger partial charge in [-0.2, -0.15) is 0 Å². The third-order valence-electron chi connectivity index (χ3n) is 10.6. The van der Waals surface area contributed by atoms with Gasteiger partial charge >= 0.3 is 6.03 Å². The molecule has 0 radical (unpaired) electrons. The van der Waals surface area contributed by atoms with E-state index in [4.69, 9.17) is 21.3 Å². The number of carbonyl (C=O) groups excluding carboxylic acids is 3. The summed E-state index contributed by atoms with van der Waals surface area (Å²) in [4.78, 5) is 51.5. The Labute approximate surface area is 295 Å². The second-order valence-corrected chi connectivity index (χ2v) is 15.4. The molecule has 0 unspecified atom stereocenters. The molecule has 1 aliphatic carbocycles. The molecule has 2 aromatic carbocycles. The maximum atomic E-state index is 14.3. The number of hydrogen-bond acceptors (Lipinski definition) is 5. The Kier molecular flexibility index (Phi) is 11.0. The Morgan fingerprint density at radius 2 is 1.67 bits per heavy atom. The molecule has 1 saturated heterocycles. The zero-order chi connectivity index (χ0) is 35.6. The topological polar surface area (TPSA) is 128 Å². The summed E-state index contributed by atoms with van der Waals surface area (Å²) < 4.78 is 5.73. The number of imidazole rings is 1. The highest BCUT2D eigenvalue weighted by Crippen LogP contribution is 2.60. The van der Waals surface area contributed by atoms with Gasteiger partial charge in [-0.25, -0.2) is 9.78 Å². The quantitative estimate of drug-likeness (QED) is 0.170. The Balaban J connectivity index is 1.57. The van der Waals surface area contributed by atoms with Gasteiger partial charge in [0.25, 0.3) is 0 Å². The molecule has 11 heteroatoms. The summed E-state index contributed by atoms with van der Waals surface area (Å²) in [6.07, 6.45) is 2.98. The maximum absolute atomic E-state index is 14.3. The zero-order valence-electron chi connectivity index (χ0n) is 30.0. The standard InChI is InChI=1S/C38H53ClN6O4/c1-8-40-33(46)31(36(4,5)6)44-34(47)38(19-21-49-22-20-38)24-15-16-27-28(23-24)42-32(41-27)30(43-35(48)45(9-2)10-3)29(37(7)17-18-37)25-13-11-12-14-26(25)39/h11-16,23,29-31H,8-10,17-22H2,1-7H3,(H,40,46)(H,41,42)(H,43,48)(H,44,47)/t29-,30-,31-/m0/s1. The van der Waals surface area contributed by atoms with E-state index in [0.717, 1.165) is 35.0 Å². The van der Waals surface area contributed by atoms with Crippen LogP contribution >= 0.6 is 11.6 Å². The van der Waals surface area contributed by atoms with E-state index in [0.29, 0.717) is 56.5 Å². The van der Waals surface area contributed by atoms with E-state index in [-0.39, 0.29) is 29.2 Å². The highest BCUT2D eigenvalue weighted by molar-refractivity contribution is 6.31. The summed E-state index contributed by atoms with van der Waals surface area (Å²) >= 11 is 6.84. The van der Waals surface area contributed by atoms with E-state index in [1.807, 2.05) is 84.0 Å². The van der Waals surface area contributed by atoms with Gasteiger partial charge in [-0.3, -0.25) is 9.59 Å². The second-order valence-electron chi connectivity index (χ2n) is 15.0. The first-order valence-corrected chi connectivity index (χ1v) is 18.1. The van der Waals surface area contributed by atoms with Gasteiger partial charge in [0.05, 0.1) is 22.5 Å². The van der Waals surface area contributed by atoms with Gasteiger partial charge in [-0.1, -0.05) is 63.6 Å². The van der Waals surface area contributed by atoms with E-state index in [2.05, 4.69) is 27.9 Å². The molecular weight excluding hydrogens is 640 g/mol. The molecule has 2 fully saturated rings. The third kappa shape index (κ3) is 7.60. The molecule has 2 aliphatic rings. The summed E-state index contributed by atoms with van der Waals surface area (Å²) in [7, 11) is 0. The van der Waals surface area contributed by atoms with Crippen molar-refractivity contribution in [2.75, 3.05) is 32.8 Å². The molecular formula is C38H53ClN6O4. The van der Waals surface area contributed by atoms with E-state index in [1.54, 1.807) is 4.90 Å². The van der Waals surface area contributed by atoms with Gasteiger partial charge in [0, 0.05) is 43.8 Å². The Hall–Kier alpha value is -3.63. The molecule has 1 aromatic heterocycles. The monoisotopic (exact) mass is 692 g/mol. The van der Waals surface area contributed by atoms with Gasteiger partial charge in [0.1, 0.15) is 11.9 Å². The lowest BCUT2D eigenvalue weighted by Gasteiger charge is -2.39. The van der Waals surface area contributed by atoms with Crippen molar-refractivity contribution in [3.8, 4) is 0 Å². The highest BCUT2D eigenvalue weighted by Gasteiger charge is 2.51. The molecule has 4 N–H and O–H groups in total. The number of benzene rings is 2. The summed E-state index contributed by atoms with van der Waals surface area (Å²) in [6, 6.07) is 12.4. The molecule has 2 heterocycles. The smallest absolute Gasteiger partial charge is 0.317 e. The number of amides is 4. The molecule has 3 atom stereocenters. The molecule has 266 valence electrons. The number of rotatable bonds is 12. The predicted octanol–water partition coefficient (Wildman–Crippen LogP) is 6.61. The van der Waals surface area contributed by atoms with Crippen molar-refractivity contribution in [1.82, 2.24) is 30.8 Å². The summed E-state index contributed by atoms with van der Waals surface area (Å²) in [5.41, 5.74) is 1.85. The number of aromatic amines is 1. The predicted molar refractivity (Wildman–Crippen MR) is 194 cm³/mol. The lowest BCUT2D eigenvalue weighted by Crippen LogP contribution is -2.58. The van der Waals surface area contributed by atoms with Crippen LogP contribution < -0.4 is 16.0 Å². The number of hydrogen-bond donors (Lipinski definition) is 4. The van der Waals surface area contributed by atoms with Crippen molar-refractivity contribution in [3.63, 3.8) is 0 Å². The van der Waals surface area contributed by atoms with Crippen molar-refractivity contribution in [3.05, 3.63) is 64.4 Å². The van der Waals surface area contributed by atoms with Crippen LogP contribution in [0.3, 0.4) is 0 Å². The molecule has 1 aliphatic heterocycles. The highest BCUT2D eigenvalue weighted by atomic mass is 35.5. The molecule has 0 spiro atoms. The number of urea groups is 1. The average Bonchev–Trinajstić information content (AvgIpc) is 3.66. The maximum Gasteiger partial charge on any atom is 0.317 e. The SMILES string of the molecule is CCNC(=O)[C@H](NC(=O)C1(c2ccc3nc([C@@H](NC(=O)N(CC)CC)[C@H](c4ccccc4Cl)C4(C)CC4)[nH]c3c2)CCOCC1)C(C)(C)C. The minimum Gasteiger partial charge on any atom is -0.381 e. The van der Waals surface area contributed by atoms with Crippen LogP contribution in [0.1, 0.15) is 103 Å². The van der Waals surface area contributed by atoms with Gasteiger partial charge in [-0.15, -0.1) is 0 Å². The molecule has 10 nitrogen and oxygen atoms in total. The van der Waals surface area contributed by atoms with Crippen molar-refractivity contribution < 1.29 is 19.1 Å². The van der Waals surface area contributed by atoms with Crippen molar-refractivity contribution >= 4 is 40.5 Å². The summed E-state index contributed by atoms with van der Waals surface area (Å²) in [5.74, 6) is 0.123. The fraction of sp³-hybridized carbons (Fsp3) is 0.579. The molecule has 0 bridgehead atoms. The lowest BCUT2D eigenvalue weighted by atomic mass is 9.72. The minimum atomic E-state index is -0.897. The normalized spacial score (nSPS) is 18.6. The zero-order valence-corrected chi connectivity index (χ0v) is 30.8. The molecule has 49 heavy (non-hydrogen) atoms. The van der Waals surface area contributed by atoms with E-state index in [9.17, 15) is 14.4 Å². The van der Waals surface area contributed by atoms with Gasteiger partial charge in [0.15, 0.2) is 0 Å². The van der Waals surface area contributed by atoms with Gasteiger partial charge < -0.3 is 30.6 Å². The number of nitrogens with zero attached hydrogens (tertiary/aromatic N) is 2. The fourth-order valence-corrected chi connectivity index (χ4v) is 7.55. The molecule has 3 aromatic rings. The second kappa shape index (κ2) is 14.7. The number of carbonyl (C=O) groups is 3. The minimum absolute atomic E-state index is 0.0752. The van der Waals surface area contributed by atoms with Crippen LogP contribution in [0.25, 0.3) is 11.0 Å². The van der Waals surface area contributed by atoms with Crippen LogP contribution in [-0.4, -0.2) is 71.6 Å². The van der Waals surface area contributed by atoms with E-state index < -0.39 is 22.9 Å². The first kappa shape index (κ1) is 36.6. The van der Waals surface area contributed by atoms with Crippen LogP contribution in [0.4, 0.5) is 4.79 Å². The van der Waals surface area contributed by atoms with Crippen molar-refractivity contribution in [2.45, 2.75) is 97.6 Å². The first-order valence-electron chi connectivity index (χ1n) is 17.7.